The van der Waals surface area contributed by atoms with Crippen molar-refractivity contribution in [1.82, 2.24) is 4.90 Å². The monoisotopic (exact) mass is 293 g/mol. The van der Waals surface area contributed by atoms with Crippen LogP contribution in [0.1, 0.15) is 37.0 Å². The molecule has 1 aliphatic rings. The van der Waals surface area contributed by atoms with Gasteiger partial charge in [-0.05, 0) is 37.7 Å². The van der Waals surface area contributed by atoms with Crippen molar-refractivity contribution in [2.45, 2.75) is 38.2 Å². The molecule has 0 bridgehead atoms. The Labute approximate surface area is 125 Å². The van der Waals surface area contributed by atoms with Gasteiger partial charge in [0.05, 0.1) is 6.04 Å². The van der Waals surface area contributed by atoms with Gasteiger partial charge in [-0.3, -0.25) is 4.79 Å². The van der Waals surface area contributed by atoms with E-state index in [2.05, 4.69) is 6.92 Å². The lowest BCUT2D eigenvalue weighted by molar-refractivity contribution is 0.0461. The molecule has 1 aromatic carbocycles. The van der Waals surface area contributed by atoms with E-state index in [-0.39, 0.29) is 17.4 Å². The minimum absolute atomic E-state index is 0.0974. The normalized spacial score (nSPS) is 20.1. The van der Waals surface area contributed by atoms with Crippen molar-refractivity contribution >= 4 is 17.7 Å². The topological polar surface area (TPSA) is 29.5 Å². The molecule has 1 fully saturated rings. The summed E-state index contributed by atoms with van der Waals surface area (Å²) in [6, 6.07) is 9.75. The van der Waals surface area contributed by atoms with Crippen LogP contribution in [0.4, 0.5) is 0 Å². The van der Waals surface area contributed by atoms with E-state index in [9.17, 15) is 4.79 Å². The zero-order chi connectivity index (χ0) is 14.4. The maximum atomic E-state index is 12.6. The first kappa shape index (κ1) is 15.4. The number of likely N-dealkylation sites (tertiary alicyclic amines) is 1. The highest BCUT2D eigenvalue weighted by Gasteiger charge is 2.35. The summed E-state index contributed by atoms with van der Waals surface area (Å²) in [5.74, 6) is 1.14. The molecule has 1 saturated heterocycles. The van der Waals surface area contributed by atoms with Crippen molar-refractivity contribution in [2.75, 3.05) is 18.9 Å². The molecule has 1 aromatic rings. The third-order valence-corrected chi connectivity index (χ3v) is 4.67. The van der Waals surface area contributed by atoms with E-state index >= 15 is 0 Å². The minimum Gasteiger partial charge on any atom is -0.366 e. The fourth-order valence-electron chi connectivity index (χ4n) is 2.67. The van der Waals surface area contributed by atoms with Crippen LogP contribution in [0.5, 0.6) is 0 Å². The summed E-state index contributed by atoms with van der Waals surface area (Å²) in [4.78, 5) is 14.6. The first-order valence-electron chi connectivity index (χ1n) is 7.37. The lowest BCUT2D eigenvalue weighted by atomic mass is 10.1. The highest BCUT2D eigenvalue weighted by atomic mass is 32.2. The fourth-order valence-corrected chi connectivity index (χ4v) is 3.74. The predicted octanol–water partition coefficient (Wildman–Crippen LogP) is 3.41. The molecule has 20 heavy (non-hydrogen) atoms. The van der Waals surface area contributed by atoms with Gasteiger partial charge in [-0.15, -0.1) is 11.8 Å². The lowest BCUT2D eigenvalue weighted by Gasteiger charge is -2.31. The van der Waals surface area contributed by atoms with Crippen LogP contribution in [-0.2, 0) is 4.74 Å². The SMILES string of the molecule is CCOC(SCC)C1CCCN1C(=O)c1ccccc1. The molecule has 0 saturated carbocycles. The van der Waals surface area contributed by atoms with Crippen LogP contribution >= 0.6 is 11.8 Å². The summed E-state index contributed by atoms with van der Waals surface area (Å²) in [5.41, 5.74) is 0.872. The fraction of sp³-hybridized carbons (Fsp3) is 0.562. The Hall–Kier alpha value is -1.00. The highest BCUT2D eigenvalue weighted by molar-refractivity contribution is 7.99. The zero-order valence-corrected chi connectivity index (χ0v) is 13.1. The van der Waals surface area contributed by atoms with Crippen LogP contribution in [0, 0.1) is 0 Å². The molecule has 0 aliphatic carbocycles. The number of amides is 1. The standard InChI is InChI=1S/C16H23NO2S/c1-3-19-16(20-4-2)14-11-8-12-17(14)15(18)13-9-6-5-7-10-13/h5-7,9-10,14,16H,3-4,8,11-12H2,1-2H3. The van der Waals surface area contributed by atoms with E-state index in [1.165, 1.54) is 0 Å². The second kappa shape index (κ2) is 7.70. The number of ether oxygens (including phenoxy) is 1. The van der Waals surface area contributed by atoms with Gasteiger partial charge in [0.1, 0.15) is 5.44 Å². The zero-order valence-electron chi connectivity index (χ0n) is 12.2. The van der Waals surface area contributed by atoms with E-state index in [1.54, 1.807) is 11.8 Å². The average molecular weight is 293 g/mol. The van der Waals surface area contributed by atoms with Crippen LogP contribution in [0.3, 0.4) is 0 Å². The van der Waals surface area contributed by atoms with E-state index in [4.69, 9.17) is 4.74 Å². The molecular formula is C16H23NO2S. The van der Waals surface area contributed by atoms with Gasteiger partial charge in [0.15, 0.2) is 0 Å². The van der Waals surface area contributed by atoms with Crippen molar-refractivity contribution in [3.8, 4) is 0 Å². The Morgan fingerprint density at radius 3 is 2.80 bits per heavy atom. The van der Waals surface area contributed by atoms with Gasteiger partial charge in [-0.1, -0.05) is 25.1 Å². The second-order valence-electron chi connectivity index (χ2n) is 4.85. The number of carbonyl (C=O) groups excluding carboxylic acids is 1. The molecule has 0 N–H and O–H groups in total. The Balaban J connectivity index is 2.11. The molecule has 110 valence electrons. The van der Waals surface area contributed by atoms with Crippen LogP contribution in [0.2, 0.25) is 0 Å². The van der Waals surface area contributed by atoms with Crippen molar-refractivity contribution < 1.29 is 9.53 Å². The van der Waals surface area contributed by atoms with Gasteiger partial charge >= 0.3 is 0 Å². The third-order valence-electron chi connectivity index (χ3n) is 3.56. The molecule has 2 unspecified atom stereocenters. The Bertz CT molecular complexity index is 418. The van der Waals surface area contributed by atoms with Crippen LogP contribution in [-0.4, -0.2) is 41.2 Å². The van der Waals surface area contributed by atoms with Crippen LogP contribution < -0.4 is 0 Å². The molecule has 4 heteroatoms. The molecule has 0 aromatic heterocycles. The summed E-state index contributed by atoms with van der Waals surface area (Å²) in [7, 11) is 0. The predicted molar refractivity (Wildman–Crippen MR) is 84.0 cm³/mol. The molecular weight excluding hydrogens is 270 g/mol. The summed E-state index contributed by atoms with van der Waals surface area (Å²) in [6.45, 7) is 5.68. The van der Waals surface area contributed by atoms with Gasteiger partial charge in [0.25, 0.3) is 5.91 Å². The quantitative estimate of drug-likeness (QED) is 0.753. The summed E-state index contributed by atoms with van der Waals surface area (Å²) >= 11 is 1.80. The number of thioether (sulfide) groups is 1. The maximum Gasteiger partial charge on any atom is 0.254 e. The average Bonchev–Trinajstić information content (AvgIpc) is 2.96. The van der Waals surface area contributed by atoms with E-state index < -0.39 is 0 Å². The largest absolute Gasteiger partial charge is 0.366 e. The van der Waals surface area contributed by atoms with Gasteiger partial charge in [0, 0.05) is 18.7 Å². The molecule has 2 rings (SSSR count). The smallest absolute Gasteiger partial charge is 0.254 e. The molecule has 0 spiro atoms. The molecule has 1 heterocycles. The Morgan fingerprint density at radius 2 is 2.15 bits per heavy atom. The third kappa shape index (κ3) is 3.55. The molecule has 0 radical (unpaired) electrons. The summed E-state index contributed by atoms with van der Waals surface area (Å²) in [5, 5.41) is 0. The second-order valence-corrected chi connectivity index (χ2v) is 6.23. The lowest BCUT2D eigenvalue weighted by Crippen LogP contribution is -2.42. The molecule has 3 nitrogen and oxygen atoms in total. The van der Waals surface area contributed by atoms with E-state index in [1.807, 2.05) is 42.2 Å². The first-order valence-corrected chi connectivity index (χ1v) is 8.42. The van der Waals surface area contributed by atoms with Crippen molar-refractivity contribution in [2.24, 2.45) is 0 Å². The van der Waals surface area contributed by atoms with Gasteiger partial charge in [0.2, 0.25) is 0 Å². The Kier molecular flexibility index (Phi) is 5.92. The number of rotatable bonds is 6. The highest BCUT2D eigenvalue weighted by Crippen LogP contribution is 2.29. The number of hydrogen-bond donors (Lipinski definition) is 0. The molecule has 2 atom stereocenters. The van der Waals surface area contributed by atoms with Gasteiger partial charge in [-0.25, -0.2) is 0 Å². The van der Waals surface area contributed by atoms with Gasteiger partial charge < -0.3 is 9.64 Å². The Morgan fingerprint density at radius 1 is 1.40 bits per heavy atom. The minimum atomic E-state index is 0.0974. The number of benzene rings is 1. The molecule has 1 aliphatic heterocycles. The van der Waals surface area contributed by atoms with Crippen molar-refractivity contribution in [3.63, 3.8) is 0 Å². The van der Waals surface area contributed by atoms with Crippen LogP contribution in [0.25, 0.3) is 0 Å². The summed E-state index contributed by atoms with van der Waals surface area (Å²) < 4.78 is 5.85. The number of nitrogens with zero attached hydrogens (tertiary/aromatic N) is 1. The maximum absolute atomic E-state index is 12.6. The molecule has 1 amide bonds. The van der Waals surface area contributed by atoms with Gasteiger partial charge in [-0.2, -0.15) is 0 Å². The first-order chi connectivity index (χ1) is 9.77. The number of carbonyl (C=O) groups is 1. The van der Waals surface area contributed by atoms with E-state index in [0.29, 0.717) is 6.61 Å². The van der Waals surface area contributed by atoms with Crippen LogP contribution in [0.15, 0.2) is 30.3 Å². The van der Waals surface area contributed by atoms with Crippen molar-refractivity contribution in [3.05, 3.63) is 35.9 Å². The number of hydrogen-bond acceptors (Lipinski definition) is 3. The van der Waals surface area contributed by atoms with E-state index in [0.717, 1.165) is 30.7 Å². The van der Waals surface area contributed by atoms with Crippen molar-refractivity contribution in [1.29, 1.82) is 0 Å². The summed E-state index contributed by atoms with van der Waals surface area (Å²) in [6.07, 6.45) is 2.10.